The first-order valence-electron chi connectivity index (χ1n) is 5.43. The van der Waals surface area contributed by atoms with Crippen LogP contribution in [-0.2, 0) is 0 Å². The zero-order chi connectivity index (χ0) is 11.0. The van der Waals surface area contributed by atoms with Gasteiger partial charge in [-0.2, -0.15) is 5.10 Å². The maximum atomic E-state index is 12.1. The number of hydrogen-bond donors (Lipinski definition) is 0. The van der Waals surface area contributed by atoms with E-state index in [1.807, 2.05) is 4.90 Å². The van der Waals surface area contributed by atoms with Crippen LogP contribution in [0.3, 0.4) is 0 Å². The number of piperidine rings is 1. The van der Waals surface area contributed by atoms with Gasteiger partial charge in [0.25, 0.3) is 5.91 Å². The predicted octanol–water partition coefficient (Wildman–Crippen LogP) is 1.42. The highest BCUT2D eigenvalue weighted by atomic mass is 32.1. The van der Waals surface area contributed by atoms with E-state index < -0.39 is 0 Å². The van der Waals surface area contributed by atoms with E-state index in [9.17, 15) is 4.79 Å². The Morgan fingerprint density at radius 2 is 2.12 bits per heavy atom. The molecule has 1 saturated heterocycles. The summed E-state index contributed by atoms with van der Waals surface area (Å²) in [6.45, 7) is 1.72. The van der Waals surface area contributed by atoms with Crippen molar-refractivity contribution in [2.24, 2.45) is 0 Å². The van der Waals surface area contributed by atoms with Gasteiger partial charge in [-0.1, -0.05) is 11.3 Å². The first-order valence-corrected chi connectivity index (χ1v) is 6.31. The van der Waals surface area contributed by atoms with Crippen molar-refractivity contribution >= 4 is 22.2 Å². The van der Waals surface area contributed by atoms with Gasteiger partial charge in [0.2, 0.25) is 4.96 Å². The molecule has 2 aromatic rings. The number of aromatic nitrogens is 3. The highest BCUT2D eigenvalue weighted by Gasteiger charge is 2.20. The maximum absolute atomic E-state index is 12.1. The van der Waals surface area contributed by atoms with Crippen LogP contribution in [0, 0.1) is 0 Å². The number of rotatable bonds is 1. The van der Waals surface area contributed by atoms with Crippen molar-refractivity contribution in [1.82, 2.24) is 19.5 Å². The van der Waals surface area contributed by atoms with E-state index in [2.05, 4.69) is 10.1 Å². The fourth-order valence-electron chi connectivity index (χ4n) is 2.00. The van der Waals surface area contributed by atoms with Crippen molar-refractivity contribution in [3.63, 3.8) is 0 Å². The molecule has 16 heavy (non-hydrogen) atoms. The minimum absolute atomic E-state index is 0.0393. The molecule has 2 aromatic heterocycles. The summed E-state index contributed by atoms with van der Waals surface area (Å²) in [5, 5.41) is 4.07. The molecule has 1 aliphatic heterocycles. The predicted molar refractivity (Wildman–Crippen MR) is 60.6 cm³/mol. The third-order valence-corrected chi connectivity index (χ3v) is 3.54. The van der Waals surface area contributed by atoms with E-state index in [0.717, 1.165) is 30.9 Å². The minimum atomic E-state index is 0.0393. The molecule has 6 heteroatoms. The summed E-state index contributed by atoms with van der Waals surface area (Å²) < 4.78 is 1.65. The number of likely N-dealkylation sites (tertiary alicyclic amines) is 1. The molecule has 3 rings (SSSR count). The highest BCUT2D eigenvalue weighted by Crippen LogP contribution is 2.14. The third kappa shape index (κ3) is 1.59. The van der Waals surface area contributed by atoms with Gasteiger partial charge in [-0.25, -0.2) is 9.50 Å². The van der Waals surface area contributed by atoms with Crippen molar-refractivity contribution in [2.45, 2.75) is 19.3 Å². The number of amides is 1. The van der Waals surface area contributed by atoms with Gasteiger partial charge in [0.1, 0.15) is 11.2 Å². The van der Waals surface area contributed by atoms with Crippen molar-refractivity contribution in [2.75, 3.05) is 13.1 Å². The second kappa shape index (κ2) is 3.86. The lowest BCUT2D eigenvalue weighted by Gasteiger charge is -2.25. The first-order chi connectivity index (χ1) is 7.84. The molecule has 1 amide bonds. The van der Waals surface area contributed by atoms with Crippen LogP contribution in [-0.4, -0.2) is 38.5 Å². The Balaban J connectivity index is 1.86. The Labute approximate surface area is 96.7 Å². The van der Waals surface area contributed by atoms with E-state index in [-0.39, 0.29) is 5.91 Å². The van der Waals surface area contributed by atoms with E-state index in [4.69, 9.17) is 0 Å². The van der Waals surface area contributed by atoms with Gasteiger partial charge < -0.3 is 4.90 Å². The molecule has 0 unspecified atom stereocenters. The fraction of sp³-hybridized carbons (Fsp3) is 0.500. The number of carbonyl (C=O) groups is 1. The van der Waals surface area contributed by atoms with Crippen molar-refractivity contribution < 1.29 is 4.79 Å². The van der Waals surface area contributed by atoms with Gasteiger partial charge in [0.15, 0.2) is 0 Å². The van der Waals surface area contributed by atoms with Crippen molar-refractivity contribution in [3.8, 4) is 0 Å². The average molecular weight is 236 g/mol. The summed E-state index contributed by atoms with van der Waals surface area (Å²) in [6, 6.07) is 0. The number of fused-ring (bicyclic) bond motifs is 1. The SMILES string of the molecule is O=C(c1cn2ncsc2n1)N1CCCCC1. The molecule has 5 nitrogen and oxygen atoms in total. The molecule has 84 valence electrons. The van der Waals surface area contributed by atoms with Crippen LogP contribution in [0.25, 0.3) is 4.96 Å². The molecule has 0 bridgehead atoms. The van der Waals surface area contributed by atoms with Crippen LogP contribution in [0.4, 0.5) is 0 Å². The van der Waals surface area contributed by atoms with Gasteiger partial charge in [-0.3, -0.25) is 4.79 Å². The average Bonchev–Trinajstić information content (AvgIpc) is 2.89. The van der Waals surface area contributed by atoms with E-state index in [1.54, 1.807) is 16.2 Å². The van der Waals surface area contributed by atoms with Crippen LogP contribution in [0.1, 0.15) is 29.8 Å². The molecular formula is C10H12N4OS. The Morgan fingerprint density at radius 1 is 1.31 bits per heavy atom. The lowest BCUT2D eigenvalue weighted by atomic mass is 10.1. The monoisotopic (exact) mass is 236 g/mol. The van der Waals surface area contributed by atoms with Gasteiger partial charge >= 0.3 is 0 Å². The molecule has 3 heterocycles. The lowest BCUT2D eigenvalue weighted by Crippen LogP contribution is -2.35. The number of nitrogens with zero attached hydrogens (tertiary/aromatic N) is 4. The van der Waals surface area contributed by atoms with Crippen LogP contribution >= 0.6 is 11.3 Å². The fourth-order valence-corrected chi connectivity index (χ4v) is 2.60. The van der Waals surface area contributed by atoms with Gasteiger partial charge in [0.05, 0.1) is 6.20 Å². The minimum Gasteiger partial charge on any atom is -0.337 e. The number of imidazole rings is 1. The Morgan fingerprint density at radius 3 is 2.88 bits per heavy atom. The van der Waals surface area contributed by atoms with Crippen LogP contribution in [0.15, 0.2) is 11.7 Å². The summed E-state index contributed by atoms with van der Waals surface area (Å²) in [7, 11) is 0. The summed E-state index contributed by atoms with van der Waals surface area (Å²) in [5.74, 6) is 0.0393. The molecule has 1 fully saturated rings. The van der Waals surface area contributed by atoms with Crippen molar-refractivity contribution in [1.29, 1.82) is 0 Å². The molecular weight excluding hydrogens is 224 g/mol. The topological polar surface area (TPSA) is 50.5 Å². The van der Waals surface area contributed by atoms with Gasteiger partial charge in [-0.05, 0) is 19.3 Å². The van der Waals surface area contributed by atoms with Gasteiger partial charge in [-0.15, -0.1) is 0 Å². The molecule has 0 saturated carbocycles. The largest absolute Gasteiger partial charge is 0.337 e. The third-order valence-electron chi connectivity index (χ3n) is 2.85. The molecule has 1 aliphatic rings. The quantitative estimate of drug-likeness (QED) is 0.752. The normalized spacial score (nSPS) is 16.9. The van der Waals surface area contributed by atoms with Crippen molar-refractivity contribution in [3.05, 3.63) is 17.4 Å². The molecule has 0 spiro atoms. The second-order valence-electron chi connectivity index (χ2n) is 3.94. The number of hydrogen-bond acceptors (Lipinski definition) is 4. The Hall–Kier alpha value is -1.43. The van der Waals surface area contributed by atoms with E-state index in [0.29, 0.717) is 5.69 Å². The molecule has 0 radical (unpaired) electrons. The standard InChI is InChI=1S/C10H12N4OS/c15-9(13-4-2-1-3-5-13)8-6-14-10(12-8)16-7-11-14/h6-7H,1-5H2. The van der Waals surface area contributed by atoms with E-state index in [1.165, 1.54) is 17.8 Å². The summed E-state index contributed by atoms with van der Waals surface area (Å²) in [4.78, 5) is 19.0. The van der Waals surface area contributed by atoms with Crippen LogP contribution < -0.4 is 0 Å². The molecule has 0 atom stereocenters. The second-order valence-corrected chi connectivity index (χ2v) is 4.76. The summed E-state index contributed by atoms with van der Waals surface area (Å²) in [6.07, 6.45) is 5.14. The molecule has 0 aliphatic carbocycles. The van der Waals surface area contributed by atoms with E-state index >= 15 is 0 Å². The summed E-state index contributed by atoms with van der Waals surface area (Å²) >= 11 is 1.44. The summed E-state index contributed by atoms with van der Waals surface area (Å²) in [5.41, 5.74) is 2.23. The zero-order valence-electron chi connectivity index (χ0n) is 8.80. The smallest absolute Gasteiger partial charge is 0.274 e. The van der Waals surface area contributed by atoms with Crippen LogP contribution in [0.2, 0.25) is 0 Å². The first kappa shape index (κ1) is 9.77. The Bertz CT molecular complexity index is 483. The molecule has 0 aromatic carbocycles. The maximum Gasteiger partial charge on any atom is 0.274 e. The zero-order valence-corrected chi connectivity index (χ0v) is 9.61. The van der Waals surface area contributed by atoms with Gasteiger partial charge in [0, 0.05) is 13.1 Å². The molecule has 0 N–H and O–H groups in total. The van der Waals surface area contributed by atoms with Crippen LogP contribution in [0.5, 0.6) is 0 Å². The Kier molecular flexibility index (Phi) is 2.36. The highest BCUT2D eigenvalue weighted by molar-refractivity contribution is 7.14. The lowest BCUT2D eigenvalue weighted by molar-refractivity contribution is 0.0719. The number of carbonyl (C=O) groups excluding carboxylic acids is 1.